The van der Waals surface area contributed by atoms with Crippen LogP contribution in [0.1, 0.15) is 5.76 Å². The summed E-state index contributed by atoms with van der Waals surface area (Å²) < 4.78 is 4.78. The van der Waals surface area contributed by atoms with Gasteiger partial charge in [-0.3, -0.25) is 4.79 Å². The van der Waals surface area contributed by atoms with Gasteiger partial charge in [-0.25, -0.2) is 0 Å². The van der Waals surface area contributed by atoms with Crippen LogP contribution in [-0.4, -0.2) is 30.1 Å². The van der Waals surface area contributed by atoms with Gasteiger partial charge in [0.25, 0.3) is 5.91 Å². The van der Waals surface area contributed by atoms with Crippen molar-refractivity contribution in [3.05, 3.63) is 23.6 Å². The molecule has 1 rings (SSSR count). The maximum Gasteiger partial charge on any atom is 0.269 e. The van der Waals surface area contributed by atoms with E-state index in [2.05, 4.69) is 10.5 Å². The molecule has 0 aromatic carbocycles. The molecule has 0 saturated heterocycles. The molecule has 0 radical (unpaired) electrons. The summed E-state index contributed by atoms with van der Waals surface area (Å²) in [6.07, 6.45) is 1.43. The number of carbonyl (C=O) groups excluding carboxylic acids is 1. The Morgan fingerprint density at radius 3 is 2.81 bits per heavy atom. The largest absolute Gasteiger partial charge is 0.382 e. The van der Waals surface area contributed by atoms with Crippen LogP contribution in [0.15, 0.2) is 22.4 Å². The molecule has 0 atom stereocenters. The number of anilines is 1. The van der Waals surface area contributed by atoms with E-state index in [0.29, 0.717) is 11.6 Å². The molecule has 0 bridgehead atoms. The van der Waals surface area contributed by atoms with Gasteiger partial charge < -0.3 is 14.7 Å². The third kappa shape index (κ3) is 3.13. The molecule has 0 aliphatic carbocycles. The van der Waals surface area contributed by atoms with Gasteiger partial charge in [0.05, 0.1) is 0 Å². The van der Waals surface area contributed by atoms with Crippen LogP contribution in [0.4, 0.5) is 5.82 Å². The second kappa shape index (κ2) is 4.98. The first kappa shape index (κ1) is 11.8. The molecular weight excluding hydrogens is 208 g/mol. The molecule has 1 N–H and O–H groups in total. The summed E-state index contributed by atoms with van der Waals surface area (Å²) in [6, 6.07) is 3.38. The smallest absolute Gasteiger partial charge is 0.269 e. The summed E-state index contributed by atoms with van der Waals surface area (Å²) in [5.41, 5.74) is 0.00523. The molecule has 16 heavy (non-hydrogen) atoms. The first-order chi connectivity index (χ1) is 7.52. The standard InChI is InChI=1S/C10H12N4O2/c1-7-4-9(13-16-7)12-10(15)8(5-11)6-14(2)3/h4,6H,1-3H3,(H,12,13,15)/b8-6+. The minimum Gasteiger partial charge on any atom is -0.382 e. The molecule has 0 spiro atoms. The number of aryl methyl sites for hydroxylation is 1. The first-order valence-corrected chi connectivity index (χ1v) is 4.56. The normalized spacial score (nSPS) is 10.8. The molecule has 6 heteroatoms. The summed E-state index contributed by atoms with van der Waals surface area (Å²) in [7, 11) is 3.45. The lowest BCUT2D eigenvalue weighted by molar-refractivity contribution is -0.112. The Morgan fingerprint density at radius 2 is 2.38 bits per heavy atom. The van der Waals surface area contributed by atoms with Crippen LogP contribution in [0.25, 0.3) is 0 Å². The zero-order valence-electron chi connectivity index (χ0n) is 9.31. The van der Waals surface area contributed by atoms with Crippen LogP contribution in [0, 0.1) is 18.3 Å². The van der Waals surface area contributed by atoms with Crippen molar-refractivity contribution >= 4 is 11.7 Å². The lowest BCUT2D eigenvalue weighted by Crippen LogP contribution is -2.16. The average molecular weight is 220 g/mol. The summed E-state index contributed by atoms with van der Waals surface area (Å²) in [5.74, 6) is 0.373. The molecule has 0 fully saturated rings. The van der Waals surface area contributed by atoms with Gasteiger partial charge in [-0.15, -0.1) is 0 Å². The van der Waals surface area contributed by atoms with Crippen LogP contribution in [0.2, 0.25) is 0 Å². The van der Waals surface area contributed by atoms with E-state index in [1.54, 1.807) is 32.0 Å². The predicted octanol–water partition coefficient (Wildman–Crippen LogP) is 0.891. The van der Waals surface area contributed by atoms with Gasteiger partial charge in [-0.2, -0.15) is 5.26 Å². The lowest BCUT2D eigenvalue weighted by atomic mass is 10.3. The third-order valence-electron chi connectivity index (χ3n) is 1.62. The van der Waals surface area contributed by atoms with Gasteiger partial charge in [-0.1, -0.05) is 5.16 Å². The minimum atomic E-state index is -0.510. The molecule has 1 heterocycles. The number of amides is 1. The number of hydrogen-bond donors (Lipinski definition) is 1. The highest BCUT2D eigenvalue weighted by molar-refractivity contribution is 6.05. The van der Waals surface area contributed by atoms with E-state index in [4.69, 9.17) is 9.78 Å². The van der Waals surface area contributed by atoms with Crippen molar-refractivity contribution in [3.8, 4) is 6.07 Å². The number of rotatable bonds is 3. The third-order valence-corrected chi connectivity index (χ3v) is 1.62. The fourth-order valence-corrected chi connectivity index (χ4v) is 1.01. The number of aromatic nitrogens is 1. The van der Waals surface area contributed by atoms with E-state index in [-0.39, 0.29) is 5.57 Å². The molecule has 1 aromatic heterocycles. The molecule has 84 valence electrons. The van der Waals surface area contributed by atoms with E-state index in [9.17, 15) is 4.79 Å². The summed E-state index contributed by atoms with van der Waals surface area (Å²) in [4.78, 5) is 13.2. The van der Waals surface area contributed by atoms with Gasteiger partial charge in [0.15, 0.2) is 5.82 Å². The topological polar surface area (TPSA) is 82.2 Å². The SMILES string of the molecule is Cc1cc(NC(=O)/C(C#N)=C/N(C)C)no1. The Bertz CT molecular complexity index is 454. The molecule has 0 aliphatic rings. The Hall–Kier alpha value is -2.29. The molecule has 0 saturated carbocycles. The van der Waals surface area contributed by atoms with Crippen molar-refractivity contribution in [3.63, 3.8) is 0 Å². The highest BCUT2D eigenvalue weighted by Gasteiger charge is 2.11. The van der Waals surface area contributed by atoms with Crippen LogP contribution in [-0.2, 0) is 4.79 Å². The number of nitrogens with zero attached hydrogens (tertiary/aromatic N) is 3. The van der Waals surface area contributed by atoms with Crippen molar-refractivity contribution in [2.45, 2.75) is 6.92 Å². The Morgan fingerprint density at radius 1 is 1.69 bits per heavy atom. The van der Waals surface area contributed by atoms with Crippen LogP contribution >= 0.6 is 0 Å². The minimum absolute atomic E-state index is 0.00523. The van der Waals surface area contributed by atoms with Crippen molar-refractivity contribution in [1.82, 2.24) is 10.1 Å². The molecule has 0 aliphatic heterocycles. The van der Waals surface area contributed by atoms with Crippen LogP contribution in [0.3, 0.4) is 0 Å². The average Bonchev–Trinajstić information content (AvgIpc) is 2.60. The highest BCUT2D eigenvalue weighted by Crippen LogP contribution is 2.08. The Balaban J connectivity index is 2.75. The zero-order chi connectivity index (χ0) is 12.1. The summed E-state index contributed by atoms with van der Waals surface area (Å²) >= 11 is 0. The molecule has 6 nitrogen and oxygen atoms in total. The van der Waals surface area contributed by atoms with Crippen molar-refractivity contribution in [2.24, 2.45) is 0 Å². The van der Waals surface area contributed by atoms with Gasteiger partial charge in [-0.05, 0) is 6.92 Å². The fraction of sp³-hybridized carbons (Fsp3) is 0.300. The van der Waals surface area contributed by atoms with Gasteiger partial charge in [0.1, 0.15) is 17.4 Å². The Kier molecular flexibility index (Phi) is 3.67. The van der Waals surface area contributed by atoms with Crippen molar-refractivity contribution in [2.75, 3.05) is 19.4 Å². The second-order valence-corrected chi connectivity index (χ2v) is 3.40. The summed E-state index contributed by atoms with van der Waals surface area (Å²) in [5, 5.41) is 14.8. The number of nitrogens with one attached hydrogen (secondary N) is 1. The van der Waals surface area contributed by atoms with Crippen molar-refractivity contribution in [1.29, 1.82) is 5.26 Å². The lowest BCUT2D eigenvalue weighted by Gasteiger charge is -2.05. The molecule has 1 aromatic rings. The second-order valence-electron chi connectivity index (χ2n) is 3.40. The summed E-state index contributed by atoms with van der Waals surface area (Å²) in [6.45, 7) is 1.71. The van der Waals surface area contributed by atoms with Crippen molar-refractivity contribution < 1.29 is 9.32 Å². The van der Waals surface area contributed by atoms with E-state index in [0.717, 1.165) is 0 Å². The predicted molar refractivity (Wildman–Crippen MR) is 57.3 cm³/mol. The van der Waals surface area contributed by atoms with Gasteiger partial charge in [0.2, 0.25) is 0 Å². The highest BCUT2D eigenvalue weighted by atomic mass is 16.5. The maximum atomic E-state index is 11.6. The van der Waals surface area contributed by atoms with Gasteiger partial charge >= 0.3 is 0 Å². The fourth-order valence-electron chi connectivity index (χ4n) is 1.01. The zero-order valence-corrected chi connectivity index (χ0v) is 9.31. The first-order valence-electron chi connectivity index (χ1n) is 4.56. The molecule has 0 unspecified atom stereocenters. The molecule has 1 amide bonds. The number of carbonyl (C=O) groups is 1. The monoisotopic (exact) mass is 220 g/mol. The number of hydrogen-bond acceptors (Lipinski definition) is 5. The van der Waals surface area contributed by atoms with E-state index in [1.807, 2.05) is 6.07 Å². The molecular formula is C10H12N4O2. The van der Waals surface area contributed by atoms with Crippen LogP contribution < -0.4 is 5.32 Å². The maximum absolute atomic E-state index is 11.6. The van der Waals surface area contributed by atoms with E-state index in [1.165, 1.54) is 6.20 Å². The van der Waals surface area contributed by atoms with E-state index >= 15 is 0 Å². The van der Waals surface area contributed by atoms with Gasteiger partial charge in [0, 0.05) is 26.4 Å². The number of nitriles is 1. The van der Waals surface area contributed by atoms with E-state index < -0.39 is 5.91 Å². The van der Waals surface area contributed by atoms with Crippen LogP contribution in [0.5, 0.6) is 0 Å². The quantitative estimate of drug-likeness (QED) is 0.604. The Labute approximate surface area is 93.1 Å².